The van der Waals surface area contributed by atoms with Crippen LogP contribution < -0.4 is 5.32 Å². The van der Waals surface area contributed by atoms with Crippen molar-refractivity contribution in [2.75, 3.05) is 6.61 Å². The Bertz CT molecular complexity index is 489. The van der Waals surface area contributed by atoms with Crippen LogP contribution in [0.5, 0.6) is 0 Å². The zero-order valence-corrected chi connectivity index (χ0v) is 10.4. The third-order valence-corrected chi connectivity index (χ3v) is 2.31. The molecule has 0 aromatic heterocycles. The number of hydrogen-bond acceptors (Lipinski definition) is 4. The molecule has 1 atom stereocenters. The van der Waals surface area contributed by atoms with Crippen LogP contribution in [0.3, 0.4) is 0 Å². The Morgan fingerprint density at radius 3 is 2.25 bits per heavy atom. The van der Waals surface area contributed by atoms with E-state index in [2.05, 4.69) is 4.74 Å². The third kappa shape index (κ3) is 3.27. The number of hydrogen-bond donors (Lipinski definition) is 2. The van der Waals surface area contributed by atoms with E-state index in [1.807, 2.05) is 0 Å². The second-order valence-electron chi connectivity index (χ2n) is 3.75. The third-order valence-electron chi connectivity index (χ3n) is 2.31. The molecule has 2 N–H and O–H groups in total. The van der Waals surface area contributed by atoms with Crippen molar-refractivity contribution in [3.63, 3.8) is 0 Å². The summed E-state index contributed by atoms with van der Waals surface area (Å²) < 4.78 is 42.5. The van der Waals surface area contributed by atoms with Crippen LogP contribution in [0.2, 0.25) is 0 Å². The van der Waals surface area contributed by atoms with E-state index in [0.29, 0.717) is 0 Å². The molecule has 1 unspecified atom stereocenters. The molecule has 1 amide bonds. The number of carbonyl (C=O) groups excluding carboxylic acids is 2. The van der Waals surface area contributed by atoms with Gasteiger partial charge in [-0.3, -0.25) is 4.79 Å². The van der Waals surface area contributed by atoms with Gasteiger partial charge in [-0.1, -0.05) is 18.2 Å². The maximum Gasteiger partial charge on any atom is 0.448 e. The number of amides is 1. The quantitative estimate of drug-likeness (QED) is 0.646. The SMILES string of the molecule is CCOC(=O)C(O)(NC(=O)c1ccccc1)C(F)(F)F. The van der Waals surface area contributed by atoms with Crippen molar-refractivity contribution in [1.29, 1.82) is 0 Å². The van der Waals surface area contributed by atoms with Gasteiger partial charge in [-0.15, -0.1) is 0 Å². The Labute approximate surface area is 112 Å². The molecule has 0 saturated carbocycles. The van der Waals surface area contributed by atoms with E-state index >= 15 is 0 Å². The van der Waals surface area contributed by atoms with Crippen molar-refractivity contribution in [2.45, 2.75) is 18.8 Å². The highest BCUT2D eigenvalue weighted by atomic mass is 19.4. The molecule has 0 bridgehead atoms. The van der Waals surface area contributed by atoms with Crippen LogP contribution in [0.1, 0.15) is 17.3 Å². The summed E-state index contributed by atoms with van der Waals surface area (Å²) in [6.07, 6.45) is -5.41. The second-order valence-corrected chi connectivity index (χ2v) is 3.75. The van der Waals surface area contributed by atoms with Gasteiger partial charge >= 0.3 is 17.9 Å². The number of rotatable bonds is 4. The minimum absolute atomic E-state index is 0.139. The average molecular weight is 291 g/mol. The fourth-order valence-corrected chi connectivity index (χ4v) is 1.30. The molecule has 1 aromatic carbocycles. The van der Waals surface area contributed by atoms with Gasteiger partial charge in [-0.2, -0.15) is 13.2 Å². The maximum absolute atomic E-state index is 12.8. The lowest BCUT2D eigenvalue weighted by Crippen LogP contribution is -2.64. The summed E-state index contributed by atoms with van der Waals surface area (Å²) in [5.74, 6) is -3.24. The number of nitrogens with one attached hydrogen (secondary N) is 1. The molecule has 0 fully saturated rings. The van der Waals surface area contributed by atoms with Crippen LogP contribution in [-0.4, -0.2) is 35.5 Å². The van der Waals surface area contributed by atoms with E-state index in [4.69, 9.17) is 0 Å². The number of benzene rings is 1. The summed E-state index contributed by atoms with van der Waals surface area (Å²) in [6, 6.07) is 6.87. The first-order valence-electron chi connectivity index (χ1n) is 5.56. The van der Waals surface area contributed by atoms with Crippen LogP contribution in [0.15, 0.2) is 30.3 Å². The fraction of sp³-hybridized carbons (Fsp3) is 0.333. The van der Waals surface area contributed by atoms with Gasteiger partial charge in [-0.25, -0.2) is 4.79 Å². The van der Waals surface area contributed by atoms with Crippen LogP contribution >= 0.6 is 0 Å². The zero-order chi connectivity index (χ0) is 15.4. The Hall–Kier alpha value is -2.09. The molecular formula is C12H12F3NO4. The molecule has 1 aromatic rings. The summed E-state index contributed by atoms with van der Waals surface area (Å²) in [7, 11) is 0. The zero-order valence-electron chi connectivity index (χ0n) is 10.4. The molecule has 1 rings (SSSR count). The van der Waals surface area contributed by atoms with Gasteiger partial charge in [0.05, 0.1) is 6.61 Å². The van der Waals surface area contributed by atoms with Crippen molar-refractivity contribution < 1.29 is 32.6 Å². The molecule has 20 heavy (non-hydrogen) atoms. The van der Waals surface area contributed by atoms with Crippen LogP contribution in [0.25, 0.3) is 0 Å². The lowest BCUT2D eigenvalue weighted by Gasteiger charge is -2.28. The Balaban J connectivity index is 3.03. The van der Waals surface area contributed by atoms with E-state index < -0.39 is 23.8 Å². The number of carbonyl (C=O) groups is 2. The first-order valence-corrected chi connectivity index (χ1v) is 5.56. The van der Waals surface area contributed by atoms with Gasteiger partial charge in [0, 0.05) is 5.56 Å². The highest BCUT2D eigenvalue weighted by molar-refractivity contribution is 5.97. The van der Waals surface area contributed by atoms with E-state index in [0.717, 1.165) is 0 Å². The Morgan fingerprint density at radius 1 is 1.25 bits per heavy atom. The highest BCUT2D eigenvalue weighted by Crippen LogP contribution is 2.29. The largest absolute Gasteiger partial charge is 0.462 e. The molecule has 0 aliphatic carbocycles. The summed E-state index contributed by atoms with van der Waals surface area (Å²) in [4.78, 5) is 22.9. The molecule has 0 heterocycles. The van der Waals surface area contributed by atoms with Gasteiger partial charge in [0.1, 0.15) is 0 Å². The lowest BCUT2D eigenvalue weighted by molar-refractivity contribution is -0.269. The van der Waals surface area contributed by atoms with Gasteiger partial charge in [0.15, 0.2) is 0 Å². The van der Waals surface area contributed by atoms with Gasteiger partial charge < -0.3 is 15.2 Å². The molecule has 0 aliphatic rings. The molecule has 8 heteroatoms. The number of alkyl halides is 3. The van der Waals surface area contributed by atoms with Crippen LogP contribution in [0.4, 0.5) is 13.2 Å². The Morgan fingerprint density at radius 2 is 1.80 bits per heavy atom. The number of halogens is 3. The van der Waals surface area contributed by atoms with Gasteiger partial charge in [0.25, 0.3) is 5.91 Å². The minimum atomic E-state index is -5.41. The van der Waals surface area contributed by atoms with Crippen molar-refractivity contribution >= 4 is 11.9 Å². The van der Waals surface area contributed by atoms with Gasteiger partial charge in [0.2, 0.25) is 0 Å². The van der Waals surface area contributed by atoms with Crippen molar-refractivity contribution in [3.05, 3.63) is 35.9 Å². The van der Waals surface area contributed by atoms with Crippen LogP contribution in [-0.2, 0) is 9.53 Å². The predicted molar refractivity (Wildman–Crippen MR) is 61.5 cm³/mol. The number of esters is 1. The first kappa shape index (κ1) is 16.0. The minimum Gasteiger partial charge on any atom is -0.462 e. The molecule has 0 aliphatic heterocycles. The van der Waals surface area contributed by atoms with Crippen molar-refractivity contribution in [2.24, 2.45) is 0 Å². The fourth-order valence-electron chi connectivity index (χ4n) is 1.30. The molecule has 110 valence electrons. The monoisotopic (exact) mass is 291 g/mol. The van der Waals surface area contributed by atoms with Crippen molar-refractivity contribution in [3.8, 4) is 0 Å². The standard InChI is InChI=1S/C12H12F3NO4/c1-2-20-10(18)11(19,12(13,14)15)16-9(17)8-6-4-3-5-7-8/h3-7,19H,2H2,1H3,(H,16,17). The van der Waals surface area contributed by atoms with Crippen molar-refractivity contribution in [1.82, 2.24) is 5.32 Å². The summed E-state index contributed by atoms with van der Waals surface area (Å²) in [6.45, 7) is 0.895. The van der Waals surface area contributed by atoms with E-state index in [9.17, 15) is 27.9 Å². The maximum atomic E-state index is 12.8. The molecule has 0 saturated heterocycles. The van der Waals surface area contributed by atoms with Crippen LogP contribution in [0, 0.1) is 0 Å². The number of aliphatic hydroxyl groups is 1. The number of ether oxygens (including phenoxy) is 1. The Kier molecular flexibility index (Phi) is 4.72. The smallest absolute Gasteiger partial charge is 0.448 e. The normalized spacial score (nSPS) is 14.2. The molecule has 0 spiro atoms. The highest BCUT2D eigenvalue weighted by Gasteiger charge is 2.62. The summed E-state index contributed by atoms with van der Waals surface area (Å²) in [5.41, 5.74) is -4.23. The molecular weight excluding hydrogens is 279 g/mol. The second kappa shape index (κ2) is 5.91. The predicted octanol–water partition coefficient (Wildman–Crippen LogP) is 1.23. The van der Waals surface area contributed by atoms with E-state index in [1.54, 1.807) is 6.07 Å². The van der Waals surface area contributed by atoms with Gasteiger partial charge in [-0.05, 0) is 19.1 Å². The summed E-state index contributed by atoms with van der Waals surface area (Å²) in [5, 5.41) is 10.7. The van der Waals surface area contributed by atoms with E-state index in [1.165, 1.54) is 36.5 Å². The average Bonchev–Trinajstić information content (AvgIpc) is 2.38. The molecule has 0 radical (unpaired) electrons. The first-order chi connectivity index (χ1) is 9.22. The lowest BCUT2D eigenvalue weighted by atomic mass is 10.1. The van der Waals surface area contributed by atoms with E-state index in [-0.39, 0.29) is 12.2 Å². The summed E-state index contributed by atoms with van der Waals surface area (Å²) >= 11 is 0. The molecule has 5 nitrogen and oxygen atoms in total. The topological polar surface area (TPSA) is 75.6 Å².